The Bertz CT molecular complexity index is 1240. The number of hydrazone groups is 1. The van der Waals surface area contributed by atoms with Crippen LogP contribution in [0.1, 0.15) is 11.5 Å². The van der Waals surface area contributed by atoms with Crippen molar-refractivity contribution in [2.24, 2.45) is 5.10 Å². The largest absolute Gasteiger partial charge is 0.497 e. The Kier molecular flexibility index (Phi) is 6.46. The van der Waals surface area contributed by atoms with Gasteiger partial charge in [-0.05, 0) is 29.2 Å². The van der Waals surface area contributed by atoms with Gasteiger partial charge in [0.05, 0.1) is 31.7 Å². The molecular formula is C17H16ClN5O7S. The van der Waals surface area contributed by atoms with Crippen LogP contribution in [-0.4, -0.2) is 43.6 Å². The Morgan fingerprint density at radius 2 is 2.10 bits per heavy atom. The van der Waals surface area contributed by atoms with Crippen molar-refractivity contribution in [1.29, 1.82) is 0 Å². The number of nitrogens with zero attached hydrogens (tertiary/aromatic N) is 4. The lowest BCUT2D eigenvalue weighted by Gasteiger charge is -2.10. The van der Waals surface area contributed by atoms with E-state index in [2.05, 4.69) is 15.0 Å². The molecule has 2 aromatic heterocycles. The van der Waals surface area contributed by atoms with Crippen molar-refractivity contribution >= 4 is 33.7 Å². The van der Waals surface area contributed by atoms with E-state index in [-0.39, 0.29) is 28.0 Å². The average Bonchev–Trinajstić information content (AvgIpc) is 3.33. The number of halogens is 1. The average molecular weight is 470 g/mol. The van der Waals surface area contributed by atoms with Crippen LogP contribution in [0.3, 0.4) is 0 Å². The van der Waals surface area contributed by atoms with E-state index in [1.54, 1.807) is 18.2 Å². The molecule has 0 atom stereocenters. The number of methoxy groups -OCH3 is 2. The van der Waals surface area contributed by atoms with E-state index in [9.17, 15) is 18.5 Å². The molecule has 0 saturated carbocycles. The minimum Gasteiger partial charge on any atom is -0.497 e. The zero-order valence-corrected chi connectivity index (χ0v) is 17.8. The van der Waals surface area contributed by atoms with Gasteiger partial charge in [-0.1, -0.05) is 11.6 Å². The lowest BCUT2D eigenvalue weighted by molar-refractivity contribution is -0.389. The topological polar surface area (TPSA) is 151 Å². The SMILES string of the molecule is COc1ccc(OC)c(S(=O)(=O)NN=Cc2ccc(Cn3cc(Cl)c([N+](=O)[O-])n3)o2)c1. The Hall–Kier alpha value is -3.58. The number of benzene rings is 1. The predicted octanol–water partition coefficient (Wildman–Crippen LogP) is 2.42. The maximum Gasteiger partial charge on any atom is 0.408 e. The maximum atomic E-state index is 12.5. The number of rotatable bonds is 9. The number of sulfonamides is 1. The van der Waals surface area contributed by atoms with E-state index in [1.165, 1.54) is 37.2 Å². The number of hydrogen-bond donors (Lipinski definition) is 1. The first-order valence-electron chi connectivity index (χ1n) is 8.46. The van der Waals surface area contributed by atoms with Crippen molar-refractivity contribution in [3.8, 4) is 11.5 Å². The highest BCUT2D eigenvalue weighted by atomic mass is 35.5. The van der Waals surface area contributed by atoms with Gasteiger partial charge < -0.3 is 24.0 Å². The minimum atomic E-state index is -4.04. The predicted molar refractivity (Wildman–Crippen MR) is 109 cm³/mol. The second-order valence-corrected chi connectivity index (χ2v) is 7.97. The van der Waals surface area contributed by atoms with Crippen LogP contribution in [0, 0.1) is 10.1 Å². The molecular weight excluding hydrogens is 454 g/mol. The highest BCUT2D eigenvalue weighted by Gasteiger charge is 2.21. The number of nitro groups is 1. The fraction of sp³-hybridized carbons (Fsp3) is 0.176. The van der Waals surface area contributed by atoms with Crippen molar-refractivity contribution in [3.63, 3.8) is 0 Å². The Morgan fingerprint density at radius 1 is 1.32 bits per heavy atom. The van der Waals surface area contributed by atoms with Crippen LogP contribution in [0.25, 0.3) is 0 Å². The molecule has 0 spiro atoms. The van der Waals surface area contributed by atoms with Crippen LogP contribution < -0.4 is 14.3 Å². The molecule has 31 heavy (non-hydrogen) atoms. The van der Waals surface area contributed by atoms with Crippen LogP contribution in [0.2, 0.25) is 5.02 Å². The van der Waals surface area contributed by atoms with E-state index in [1.807, 2.05) is 0 Å². The maximum absolute atomic E-state index is 12.5. The van der Waals surface area contributed by atoms with E-state index < -0.39 is 20.8 Å². The molecule has 14 heteroatoms. The van der Waals surface area contributed by atoms with Crippen molar-refractivity contribution in [2.45, 2.75) is 11.4 Å². The number of furan rings is 1. The fourth-order valence-corrected chi connectivity index (χ4v) is 3.70. The number of nitrogens with one attached hydrogen (secondary N) is 1. The third-order valence-corrected chi connectivity index (χ3v) is 5.41. The molecule has 0 amide bonds. The molecule has 0 unspecified atom stereocenters. The summed E-state index contributed by atoms with van der Waals surface area (Å²) >= 11 is 5.76. The van der Waals surface area contributed by atoms with Gasteiger partial charge in [-0.3, -0.25) is 0 Å². The molecule has 3 aromatic rings. The van der Waals surface area contributed by atoms with Crippen LogP contribution in [0.5, 0.6) is 11.5 Å². The smallest absolute Gasteiger partial charge is 0.408 e. The van der Waals surface area contributed by atoms with Gasteiger partial charge in [0.2, 0.25) is 0 Å². The summed E-state index contributed by atoms with van der Waals surface area (Å²) < 4.78 is 41.9. The van der Waals surface area contributed by atoms with Gasteiger partial charge in [0.25, 0.3) is 10.0 Å². The number of aromatic nitrogens is 2. The highest BCUT2D eigenvalue weighted by Crippen LogP contribution is 2.28. The van der Waals surface area contributed by atoms with Crippen LogP contribution in [0.15, 0.2) is 50.9 Å². The van der Waals surface area contributed by atoms with Gasteiger partial charge in [0.15, 0.2) is 5.02 Å². The molecule has 0 radical (unpaired) electrons. The number of ether oxygens (including phenoxy) is 2. The third kappa shape index (κ3) is 5.13. The summed E-state index contributed by atoms with van der Waals surface area (Å²) in [7, 11) is -1.29. The molecule has 3 rings (SSSR count). The van der Waals surface area contributed by atoms with Gasteiger partial charge in [0.1, 0.15) is 34.5 Å². The molecule has 0 aliphatic carbocycles. The minimum absolute atomic E-state index is 0.0775. The molecule has 0 aliphatic rings. The first-order chi connectivity index (χ1) is 14.7. The highest BCUT2D eigenvalue weighted by molar-refractivity contribution is 7.89. The molecule has 2 heterocycles. The first kappa shape index (κ1) is 22.1. The van der Waals surface area contributed by atoms with E-state index in [0.29, 0.717) is 11.5 Å². The van der Waals surface area contributed by atoms with E-state index in [0.717, 1.165) is 6.21 Å². The standard InChI is InChI=1S/C17H16ClN5O7S/c1-28-11-5-6-15(29-2)16(7-11)31(26,27)21-19-8-12-3-4-13(30-12)9-22-10-14(18)17(20-22)23(24)25/h3-8,10,21H,9H2,1-2H3. The number of hydrogen-bond acceptors (Lipinski definition) is 9. The van der Waals surface area contributed by atoms with Crippen molar-refractivity contribution < 1.29 is 27.2 Å². The molecule has 0 aliphatic heterocycles. The van der Waals surface area contributed by atoms with Gasteiger partial charge in [-0.15, -0.1) is 0 Å². The Morgan fingerprint density at radius 3 is 2.74 bits per heavy atom. The van der Waals surface area contributed by atoms with Crippen LogP contribution in [0.4, 0.5) is 5.82 Å². The summed E-state index contributed by atoms with van der Waals surface area (Å²) in [6.45, 7) is 0.0775. The molecule has 0 bridgehead atoms. The molecule has 1 aromatic carbocycles. The fourth-order valence-electron chi connectivity index (χ4n) is 2.50. The first-order valence-corrected chi connectivity index (χ1v) is 10.3. The molecule has 0 saturated heterocycles. The van der Waals surface area contributed by atoms with Crippen molar-refractivity contribution in [3.05, 3.63) is 63.2 Å². The van der Waals surface area contributed by atoms with Gasteiger partial charge in [-0.2, -0.15) is 23.0 Å². The lowest BCUT2D eigenvalue weighted by Crippen LogP contribution is -2.19. The zero-order chi connectivity index (χ0) is 22.6. The third-order valence-electron chi connectivity index (χ3n) is 3.90. The summed E-state index contributed by atoms with van der Waals surface area (Å²) in [4.78, 5) is 12.0. The monoisotopic (exact) mass is 469 g/mol. The quantitative estimate of drug-likeness (QED) is 0.285. The molecule has 164 valence electrons. The van der Waals surface area contributed by atoms with Crippen LogP contribution in [-0.2, 0) is 16.6 Å². The summed E-state index contributed by atoms with van der Waals surface area (Å²) in [5, 5.41) is 18.2. The van der Waals surface area contributed by atoms with Crippen molar-refractivity contribution in [1.82, 2.24) is 14.6 Å². The second-order valence-electron chi connectivity index (χ2n) is 5.93. The summed E-state index contributed by atoms with van der Waals surface area (Å²) in [5.74, 6) is 0.629. The Balaban J connectivity index is 1.70. The Labute approximate surface area is 181 Å². The molecule has 1 N–H and O–H groups in total. The summed E-state index contributed by atoms with van der Waals surface area (Å²) in [6, 6.07) is 7.45. The van der Waals surface area contributed by atoms with Crippen molar-refractivity contribution in [2.75, 3.05) is 14.2 Å². The summed E-state index contributed by atoms with van der Waals surface area (Å²) in [6.07, 6.45) is 2.46. The second kappa shape index (κ2) is 9.06. The molecule has 12 nitrogen and oxygen atoms in total. The molecule has 0 fully saturated rings. The van der Waals surface area contributed by atoms with Crippen LogP contribution >= 0.6 is 11.6 Å². The normalized spacial score (nSPS) is 11.6. The van der Waals surface area contributed by atoms with Gasteiger partial charge >= 0.3 is 5.82 Å². The zero-order valence-electron chi connectivity index (χ0n) is 16.2. The van der Waals surface area contributed by atoms with E-state index >= 15 is 0 Å². The van der Waals surface area contributed by atoms with E-state index in [4.69, 9.17) is 25.5 Å². The lowest BCUT2D eigenvalue weighted by atomic mass is 10.3. The summed E-state index contributed by atoms with van der Waals surface area (Å²) in [5.41, 5.74) is 0. The van der Waals surface area contributed by atoms with Gasteiger partial charge in [0, 0.05) is 6.07 Å². The van der Waals surface area contributed by atoms with Gasteiger partial charge in [-0.25, -0.2) is 0 Å².